The zero-order valence-corrected chi connectivity index (χ0v) is 22.4. The van der Waals surface area contributed by atoms with Crippen LogP contribution in [0.5, 0.6) is 0 Å². The molecule has 2 heteroatoms. The average molecular weight is 440 g/mol. The van der Waals surface area contributed by atoms with Gasteiger partial charge in [-0.05, 0) is 33.4 Å². The molecule has 0 aromatic rings. The van der Waals surface area contributed by atoms with Gasteiger partial charge in [0.05, 0.1) is 5.60 Å². The van der Waals surface area contributed by atoms with Crippen molar-refractivity contribution in [3.63, 3.8) is 0 Å². The van der Waals surface area contributed by atoms with Crippen molar-refractivity contribution >= 4 is 0 Å². The third kappa shape index (κ3) is 22.9. The summed E-state index contributed by atoms with van der Waals surface area (Å²) >= 11 is 0. The molecule has 188 valence electrons. The first kappa shape index (κ1) is 30.9. The number of aliphatic hydroxyl groups is 1. The van der Waals surface area contributed by atoms with Crippen molar-refractivity contribution in [1.29, 1.82) is 0 Å². The molecule has 0 aromatic carbocycles. The third-order valence-electron chi connectivity index (χ3n) is 7.02. The van der Waals surface area contributed by atoms with Gasteiger partial charge < -0.3 is 10.0 Å². The highest BCUT2D eigenvalue weighted by Gasteiger charge is 2.25. The predicted octanol–water partition coefficient (Wildman–Crippen LogP) is 9.29. The Labute approximate surface area is 198 Å². The molecular weight excluding hydrogens is 378 g/mol. The molecule has 0 atom stereocenters. The van der Waals surface area contributed by atoms with Gasteiger partial charge in [0.15, 0.2) is 0 Å². The first-order valence-corrected chi connectivity index (χ1v) is 14.4. The molecule has 0 amide bonds. The Morgan fingerprint density at radius 2 is 0.742 bits per heavy atom. The van der Waals surface area contributed by atoms with E-state index in [1.54, 1.807) is 0 Å². The van der Waals surface area contributed by atoms with Crippen LogP contribution in [0.2, 0.25) is 0 Å². The second kappa shape index (κ2) is 23.1. The SMILES string of the molecule is CCCCCCCCCCCCC(O)(CCCCCCCCCCCC)CCN(C)C. The van der Waals surface area contributed by atoms with E-state index < -0.39 is 5.60 Å². The maximum atomic E-state index is 11.3. The van der Waals surface area contributed by atoms with E-state index in [2.05, 4.69) is 32.8 Å². The predicted molar refractivity (Wildman–Crippen MR) is 141 cm³/mol. The lowest BCUT2D eigenvalue weighted by Gasteiger charge is -2.30. The maximum Gasteiger partial charge on any atom is 0.0660 e. The van der Waals surface area contributed by atoms with Gasteiger partial charge in [-0.15, -0.1) is 0 Å². The fourth-order valence-electron chi connectivity index (χ4n) is 4.69. The molecule has 0 heterocycles. The molecule has 0 saturated heterocycles. The van der Waals surface area contributed by atoms with Crippen molar-refractivity contribution in [2.45, 2.75) is 167 Å². The Morgan fingerprint density at radius 1 is 0.452 bits per heavy atom. The highest BCUT2D eigenvalue weighted by atomic mass is 16.3. The molecule has 0 saturated carbocycles. The summed E-state index contributed by atoms with van der Waals surface area (Å²) in [6, 6.07) is 0. The van der Waals surface area contributed by atoms with Crippen LogP contribution < -0.4 is 0 Å². The molecule has 0 rings (SSSR count). The Kier molecular flexibility index (Phi) is 23.0. The smallest absolute Gasteiger partial charge is 0.0660 e. The number of hydrogen-bond donors (Lipinski definition) is 1. The normalized spacial score (nSPS) is 12.2. The summed E-state index contributed by atoms with van der Waals surface area (Å²) in [5.74, 6) is 0. The van der Waals surface area contributed by atoms with E-state index in [1.807, 2.05) is 0 Å². The zero-order chi connectivity index (χ0) is 23.0. The molecule has 0 aromatic heterocycles. The minimum Gasteiger partial charge on any atom is -0.390 e. The molecule has 0 spiro atoms. The highest BCUT2D eigenvalue weighted by molar-refractivity contribution is 4.79. The molecule has 2 nitrogen and oxygen atoms in total. The van der Waals surface area contributed by atoms with Crippen molar-refractivity contribution in [2.24, 2.45) is 0 Å². The third-order valence-corrected chi connectivity index (χ3v) is 7.02. The van der Waals surface area contributed by atoms with E-state index in [0.717, 1.165) is 25.8 Å². The van der Waals surface area contributed by atoms with Gasteiger partial charge in [0.1, 0.15) is 0 Å². The van der Waals surface area contributed by atoms with Gasteiger partial charge in [0.25, 0.3) is 0 Å². The second-order valence-corrected chi connectivity index (χ2v) is 10.6. The standard InChI is InChI=1S/C29H61NO/c1-5-7-9-11-13-15-17-19-21-23-25-29(31,27-28-30(3)4)26-24-22-20-18-16-14-12-10-8-6-2/h31H,5-28H2,1-4H3. The summed E-state index contributed by atoms with van der Waals surface area (Å²) in [6.07, 6.45) is 30.3. The second-order valence-electron chi connectivity index (χ2n) is 10.6. The van der Waals surface area contributed by atoms with Crippen LogP contribution in [0.1, 0.15) is 162 Å². The van der Waals surface area contributed by atoms with Crippen LogP contribution in [0, 0.1) is 0 Å². The summed E-state index contributed by atoms with van der Waals surface area (Å²) in [6.45, 7) is 5.58. The molecule has 0 fully saturated rings. The summed E-state index contributed by atoms with van der Waals surface area (Å²) in [5.41, 5.74) is -0.426. The molecule has 0 radical (unpaired) electrons. The minimum atomic E-state index is -0.426. The molecule has 0 aliphatic carbocycles. The Morgan fingerprint density at radius 3 is 1.03 bits per heavy atom. The molecule has 1 N–H and O–H groups in total. The average Bonchev–Trinajstić information content (AvgIpc) is 2.75. The lowest BCUT2D eigenvalue weighted by molar-refractivity contribution is 0.00402. The van der Waals surface area contributed by atoms with Crippen LogP contribution >= 0.6 is 0 Å². The van der Waals surface area contributed by atoms with Crippen LogP contribution in [0.25, 0.3) is 0 Å². The van der Waals surface area contributed by atoms with Gasteiger partial charge in [0, 0.05) is 6.54 Å². The zero-order valence-electron chi connectivity index (χ0n) is 22.4. The Balaban J connectivity index is 3.84. The van der Waals surface area contributed by atoms with Crippen molar-refractivity contribution < 1.29 is 5.11 Å². The largest absolute Gasteiger partial charge is 0.390 e. The van der Waals surface area contributed by atoms with Crippen molar-refractivity contribution in [3.8, 4) is 0 Å². The van der Waals surface area contributed by atoms with Gasteiger partial charge in [-0.2, -0.15) is 0 Å². The van der Waals surface area contributed by atoms with Gasteiger partial charge in [-0.25, -0.2) is 0 Å². The quantitative estimate of drug-likeness (QED) is 0.143. The van der Waals surface area contributed by atoms with E-state index in [9.17, 15) is 5.11 Å². The van der Waals surface area contributed by atoms with Crippen LogP contribution in [0.3, 0.4) is 0 Å². The van der Waals surface area contributed by atoms with Crippen molar-refractivity contribution in [2.75, 3.05) is 20.6 Å². The van der Waals surface area contributed by atoms with Crippen LogP contribution in [0.15, 0.2) is 0 Å². The van der Waals surface area contributed by atoms with E-state index in [1.165, 1.54) is 128 Å². The summed E-state index contributed by atoms with van der Waals surface area (Å²) in [5, 5.41) is 11.3. The van der Waals surface area contributed by atoms with Gasteiger partial charge in [0.2, 0.25) is 0 Å². The fraction of sp³-hybridized carbons (Fsp3) is 1.00. The minimum absolute atomic E-state index is 0.426. The van der Waals surface area contributed by atoms with Crippen molar-refractivity contribution in [1.82, 2.24) is 4.90 Å². The number of nitrogens with zero attached hydrogens (tertiary/aromatic N) is 1. The number of rotatable bonds is 25. The van der Waals surface area contributed by atoms with Gasteiger partial charge >= 0.3 is 0 Å². The van der Waals surface area contributed by atoms with Crippen LogP contribution in [-0.4, -0.2) is 36.2 Å². The summed E-state index contributed by atoms with van der Waals surface area (Å²) < 4.78 is 0. The first-order chi connectivity index (χ1) is 15.0. The van der Waals surface area contributed by atoms with Gasteiger partial charge in [-0.3, -0.25) is 0 Å². The summed E-state index contributed by atoms with van der Waals surface area (Å²) in [4.78, 5) is 2.22. The molecule has 0 aliphatic heterocycles. The van der Waals surface area contributed by atoms with Crippen LogP contribution in [0.4, 0.5) is 0 Å². The lowest BCUT2D eigenvalue weighted by atomic mass is 9.86. The molecule has 0 bridgehead atoms. The first-order valence-electron chi connectivity index (χ1n) is 14.4. The van der Waals surface area contributed by atoms with Crippen LogP contribution in [-0.2, 0) is 0 Å². The topological polar surface area (TPSA) is 23.5 Å². The summed E-state index contributed by atoms with van der Waals surface area (Å²) in [7, 11) is 4.25. The molecular formula is C29H61NO. The van der Waals surface area contributed by atoms with E-state index in [-0.39, 0.29) is 0 Å². The van der Waals surface area contributed by atoms with Crippen molar-refractivity contribution in [3.05, 3.63) is 0 Å². The Bertz CT molecular complexity index is 318. The number of unbranched alkanes of at least 4 members (excludes halogenated alkanes) is 18. The van der Waals surface area contributed by atoms with E-state index in [4.69, 9.17) is 0 Å². The number of hydrogen-bond acceptors (Lipinski definition) is 2. The maximum absolute atomic E-state index is 11.3. The van der Waals surface area contributed by atoms with E-state index >= 15 is 0 Å². The monoisotopic (exact) mass is 439 g/mol. The fourth-order valence-corrected chi connectivity index (χ4v) is 4.69. The highest BCUT2D eigenvalue weighted by Crippen LogP contribution is 2.27. The molecule has 0 unspecified atom stereocenters. The molecule has 31 heavy (non-hydrogen) atoms. The molecule has 0 aliphatic rings. The van der Waals surface area contributed by atoms with E-state index in [0.29, 0.717) is 0 Å². The lowest BCUT2D eigenvalue weighted by Crippen LogP contribution is -2.33. The van der Waals surface area contributed by atoms with Gasteiger partial charge in [-0.1, -0.05) is 142 Å². The Hall–Kier alpha value is -0.0800.